The molecule has 2 rings (SSSR count). The molecule has 0 aromatic heterocycles. The molecule has 4 heteroatoms. The van der Waals surface area contributed by atoms with Crippen LogP contribution < -0.4 is 0 Å². The van der Waals surface area contributed by atoms with E-state index in [0.717, 1.165) is 15.6 Å². The average molecular weight is 369 g/mol. The van der Waals surface area contributed by atoms with E-state index in [4.69, 9.17) is 0 Å². The van der Waals surface area contributed by atoms with E-state index in [0.29, 0.717) is 6.42 Å². The molecule has 0 heterocycles. The Labute approximate surface area is 101 Å². The maximum Gasteiger partial charge on any atom is 0.165 e. The first-order chi connectivity index (χ1) is 6.00. The summed E-state index contributed by atoms with van der Waals surface area (Å²) in [7, 11) is 0. The first-order valence-corrected chi connectivity index (χ1v) is 6.10. The monoisotopic (exact) mass is 366 g/mol. The summed E-state index contributed by atoms with van der Waals surface area (Å²) in [5.41, 5.74) is 1.81. The molecule has 0 N–H and O–H groups in total. The zero-order chi connectivity index (χ0) is 9.64. The van der Waals surface area contributed by atoms with Gasteiger partial charge in [0, 0.05) is 16.5 Å². The molecule has 1 nitrogen and oxygen atoms in total. The summed E-state index contributed by atoms with van der Waals surface area (Å²) in [4.78, 5) is 11.5. The zero-order valence-corrected chi connectivity index (χ0v) is 11.2. The highest BCUT2D eigenvalue weighted by Crippen LogP contribution is 2.49. The van der Waals surface area contributed by atoms with Crippen molar-refractivity contribution in [2.75, 3.05) is 0 Å². The molecule has 13 heavy (non-hydrogen) atoms. The van der Waals surface area contributed by atoms with E-state index in [2.05, 4.69) is 47.8 Å². The predicted octanol–water partition coefficient (Wildman–Crippen LogP) is 3.98. The maximum absolute atomic E-state index is 11.5. The fourth-order valence-electron chi connectivity index (χ4n) is 1.45. The van der Waals surface area contributed by atoms with Gasteiger partial charge < -0.3 is 0 Å². The summed E-state index contributed by atoms with van der Waals surface area (Å²) in [6.07, 6.45) is 0.471. The van der Waals surface area contributed by atoms with Crippen molar-refractivity contribution in [3.8, 4) is 0 Å². The van der Waals surface area contributed by atoms with Crippen LogP contribution in [0.15, 0.2) is 22.7 Å². The first kappa shape index (κ1) is 9.87. The minimum absolute atomic E-state index is 0.177. The molecule has 1 aromatic rings. The lowest BCUT2D eigenvalue weighted by Crippen LogP contribution is -2.02. The Kier molecular flexibility index (Phi) is 2.41. The van der Waals surface area contributed by atoms with Crippen LogP contribution in [0.5, 0.6) is 0 Å². The van der Waals surface area contributed by atoms with Crippen molar-refractivity contribution in [1.82, 2.24) is 0 Å². The number of hydrogen-bond donors (Lipinski definition) is 0. The summed E-state index contributed by atoms with van der Waals surface area (Å²) in [5.74, 6) is 0.177. The van der Waals surface area contributed by atoms with Crippen LogP contribution in [0.3, 0.4) is 0 Å². The minimum Gasteiger partial charge on any atom is -0.294 e. The zero-order valence-electron chi connectivity index (χ0n) is 6.48. The molecular formula is C9H5Br3O. The van der Waals surface area contributed by atoms with Gasteiger partial charge in [0.05, 0.1) is 0 Å². The lowest BCUT2D eigenvalue weighted by Gasteiger charge is -2.12. The Hall–Kier alpha value is 0.330. The summed E-state index contributed by atoms with van der Waals surface area (Å²) in [5, 5.41) is 0. The molecular weight excluding hydrogens is 364 g/mol. The van der Waals surface area contributed by atoms with Gasteiger partial charge in [0.15, 0.2) is 5.78 Å². The molecule has 1 aliphatic rings. The number of ketones is 1. The van der Waals surface area contributed by atoms with Gasteiger partial charge in [-0.3, -0.25) is 4.79 Å². The number of carbonyl (C=O) groups excluding carboxylic acids is 1. The van der Waals surface area contributed by atoms with Crippen LogP contribution in [0.25, 0.3) is 0 Å². The maximum atomic E-state index is 11.5. The van der Waals surface area contributed by atoms with Gasteiger partial charge in [-0.05, 0) is 23.8 Å². The number of Topliss-reactive ketones (excluding diaryl/α,β-unsaturated/α-hetero) is 1. The smallest absolute Gasteiger partial charge is 0.165 e. The number of fused-ring (bicyclic) bond motifs is 1. The standard InChI is InChI=1S/C9H5Br3O/c10-5-1-2-6-7(3-5)9(11,12)4-8(6)13/h1-3H,4H2. The van der Waals surface area contributed by atoms with E-state index in [1.165, 1.54) is 0 Å². The Bertz CT molecular complexity index is 384. The molecule has 0 amide bonds. The number of rotatable bonds is 0. The highest BCUT2D eigenvalue weighted by Gasteiger charge is 2.39. The van der Waals surface area contributed by atoms with Crippen molar-refractivity contribution in [3.05, 3.63) is 33.8 Å². The highest BCUT2D eigenvalue weighted by molar-refractivity contribution is 9.24. The van der Waals surface area contributed by atoms with Crippen LogP contribution in [0, 0.1) is 0 Å². The summed E-state index contributed by atoms with van der Waals surface area (Å²) in [6, 6.07) is 5.70. The quantitative estimate of drug-likeness (QED) is 0.633. The van der Waals surface area contributed by atoms with Gasteiger partial charge in [-0.1, -0.05) is 47.8 Å². The second-order valence-electron chi connectivity index (χ2n) is 2.99. The van der Waals surface area contributed by atoms with Crippen molar-refractivity contribution in [1.29, 1.82) is 0 Å². The molecule has 1 aromatic carbocycles. The summed E-state index contributed by atoms with van der Waals surface area (Å²) in [6.45, 7) is 0. The lowest BCUT2D eigenvalue weighted by molar-refractivity contribution is 0.0993. The molecule has 0 aliphatic heterocycles. The van der Waals surface area contributed by atoms with Gasteiger partial charge in [-0.15, -0.1) is 0 Å². The van der Waals surface area contributed by atoms with Gasteiger partial charge in [-0.25, -0.2) is 0 Å². The van der Waals surface area contributed by atoms with Crippen molar-refractivity contribution in [3.63, 3.8) is 0 Å². The largest absolute Gasteiger partial charge is 0.294 e. The predicted molar refractivity (Wildman–Crippen MR) is 62.6 cm³/mol. The van der Waals surface area contributed by atoms with Crippen LogP contribution in [0.1, 0.15) is 22.3 Å². The third-order valence-electron chi connectivity index (χ3n) is 2.06. The molecule has 0 unspecified atom stereocenters. The second kappa shape index (κ2) is 3.17. The molecule has 68 valence electrons. The number of alkyl halides is 2. The fourth-order valence-corrected chi connectivity index (χ4v) is 2.98. The van der Waals surface area contributed by atoms with Gasteiger partial charge in [-0.2, -0.15) is 0 Å². The molecule has 0 radical (unpaired) electrons. The third-order valence-corrected chi connectivity index (χ3v) is 3.97. The van der Waals surface area contributed by atoms with Crippen molar-refractivity contribution in [2.45, 2.75) is 9.65 Å². The molecule has 0 atom stereocenters. The number of benzene rings is 1. The second-order valence-corrected chi connectivity index (χ2v) is 7.68. The first-order valence-electron chi connectivity index (χ1n) is 3.72. The van der Waals surface area contributed by atoms with E-state index in [1.807, 2.05) is 18.2 Å². The molecule has 0 saturated heterocycles. The van der Waals surface area contributed by atoms with Crippen LogP contribution in [-0.4, -0.2) is 5.78 Å². The summed E-state index contributed by atoms with van der Waals surface area (Å²) >= 11 is 10.4. The van der Waals surface area contributed by atoms with E-state index in [-0.39, 0.29) is 9.02 Å². The van der Waals surface area contributed by atoms with E-state index < -0.39 is 0 Å². The Morgan fingerprint density at radius 1 is 1.31 bits per heavy atom. The lowest BCUT2D eigenvalue weighted by atomic mass is 10.1. The fraction of sp³-hybridized carbons (Fsp3) is 0.222. The van der Waals surface area contributed by atoms with E-state index in [9.17, 15) is 4.79 Å². The van der Waals surface area contributed by atoms with Crippen molar-refractivity contribution >= 4 is 53.6 Å². The van der Waals surface area contributed by atoms with Crippen molar-refractivity contribution < 1.29 is 4.79 Å². The SMILES string of the molecule is O=C1CC(Br)(Br)c2cc(Br)ccc21. The molecule has 0 bridgehead atoms. The number of halogens is 3. The van der Waals surface area contributed by atoms with Gasteiger partial charge >= 0.3 is 0 Å². The third kappa shape index (κ3) is 1.64. The highest BCUT2D eigenvalue weighted by atomic mass is 79.9. The molecule has 0 spiro atoms. The Balaban J connectivity index is 2.66. The van der Waals surface area contributed by atoms with E-state index in [1.54, 1.807) is 0 Å². The van der Waals surface area contributed by atoms with Crippen LogP contribution >= 0.6 is 47.8 Å². The van der Waals surface area contributed by atoms with E-state index >= 15 is 0 Å². The minimum atomic E-state index is -0.365. The van der Waals surface area contributed by atoms with Crippen LogP contribution in [-0.2, 0) is 3.23 Å². The molecule has 0 fully saturated rings. The Morgan fingerprint density at radius 2 is 2.00 bits per heavy atom. The van der Waals surface area contributed by atoms with Crippen molar-refractivity contribution in [2.24, 2.45) is 0 Å². The molecule has 1 aliphatic carbocycles. The van der Waals surface area contributed by atoms with Crippen LogP contribution in [0.4, 0.5) is 0 Å². The number of carbonyl (C=O) groups is 1. The normalized spacial score (nSPS) is 18.8. The summed E-state index contributed by atoms with van der Waals surface area (Å²) < 4.78 is 0.625. The van der Waals surface area contributed by atoms with Gasteiger partial charge in [0.1, 0.15) is 3.23 Å². The Morgan fingerprint density at radius 3 is 2.69 bits per heavy atom. The number of hydrogen-bond acceptors (Lipinski definition) is 1. The van der Waals surface area contributed by atoms with Gasteiger partial charge in [0.25, 0.3) is 0 Å². The van der Waals surface area contributed by atoms with Crippen LogP contribution in [0.2, 0.25) is 0 Å². The topological polar surface area (TPSA) is 17.1 Å². The van der Waals surface area contributed by atoms with Gasteiger partial charge in [0.2, 0.25) is 0 Å². The molecule has 0 saturated carbocycles. The average Bonchev–Trinajstić information content (AvgIpc) is 2.23.